The third-order valence-corrected chi connectivity index (χ3v) is 1.89. The summed E-state index contributed by atoms with van der Waals surface area (Å²) in [5.41, 5.74) is 5.81. The number of hydrogen-bond donors (Lipinski definition) is 2. The van der Waals surface area contributed by atoms with Crippen LogP contribution in [0.4, 0.5) is 10.1 Å². The molecule has 0 amide bonds. The zero-order chi connectivity index (χ0) is 10.6. The Bertz CT molecular complexity index is 393. The minimum atomic E-state index is -0.497. The first-order chi connectivity index (χ1) is 6.65. The summed E-state index contributed by atoms with van der Waals surface area (Å²) >= 11 is 5.81. The van der Waals surface area contributed by atoms with Crippen LogP contribution in [0.2, 0.25) is 5.02 Å². The van der Waals surface area contributed by atoms with Crippen LogP contribution in [0.5, 0.6) is 0 Å². The first-order valence-electron chi connectivity index (χ1n) is 4.03. The van der Waals surface area contributed by atoms with E-state index in [-0.39, 0.29) is 5.69 Å². The molecule has 0 fully saturated rings. The van der Waals surface area contributed by atoms with Crippen molar-refractivity contribution < 1.29 is 4.39 Å². The molecule has 0 atom stereocenters. The van der Waals surface area contributed by atoms with E-state index >= 15 is 0 Å². The molecule has 1 aromatic rings. The van der Waals surface area contributed by atoms with Crippen molar-refractivity contribution in [3.8, 4) is 11.8 Å². The predicted molar refractivity (Wildman–Crippen MR) is 56.6 cm³/mol. The maximum absolute atomic E-state index is 13.0. The number of anilines is 1. The molecule has 2 nitrogen and oxygen atoms in total. The van der Waals surface area contributed by atoms with Gasteiger partial charge >= 0.3 is 0 Å². The second kappa shape index (κ2) is 4.85. The highest BCUT2D eigenvalue weighted by Crippen LogP contribution is 2.21. The molecule has 0 aliphatic heterocycles. The summed E-state index contributed by atoms with van der Waals surface area (Å²) < 4.78 is 13.0. The van der Waals surface area contributed by atoms with Crippen molar-refractivity contribution in [1.29, 1.82) is 0 Å². The van der Waals surface area contributed by atoms with E-state index in [1.54, 1.807) is 7.05 Å². The summed E-state index contributed by atoms with van der Waals surface area (Å²) in [4.78, 5) is 0. The molecule has 14 heavy (non-hydrogen) atoms. The van der Waals surface area contributed by atoms with Crippen molar-refractivity contribution in [2.45, 2.75) is 0 Å². The number of benzene rings is 1. The molecule has 0 spiro atoms. The van der Waals surface area contributed by atoms with Gasteiger partial charge in [-0.3, -0.25) is 0 Å². The van der Waals surface area contributed by atoms with Crippen LogP contribution in [0.25, 0.3) is 0 Å². The molecule has 0 heterocycles. The largest absolute Gasteiger partial charge is 0.396 e. The normalized spacial score (nSPS) is 9.36. The van der Waals surface area contributed by atoms with Gasteiger partial charge in [-0.05, 0) is 19.2 Å². The van der Waals surface area contributed by atoms with Gasteiger partial charge in [0.25, 0.3) is 0 Å². The lowest BCUT2D eigenvalue weighted by molar-refractivity contribution is 0.632. The Morgan fingerprint density at radius 3 is 2.93 bits per heavy atom. The fraction of sp³-hybridized carbons (Fsp3) is 0.200. The highest BCUT2D eigenvalue weighted by Gasteiger charge is 2.03. The third-order valence-electron chi connectivity index (χ3n) is 1.57. The highest BCUT2D eigenvalue weighted by molar-refractivity contribution is 6.32. The second-order valence-electron chi connectivity index (χ2n) is 2.69. The Morgan fingerprint density at radius 1 is 1.57 bits per heavy atom. The average molecular weight is 213 g/mol. The topological polar surface area (TPSA) is 38.0 Å². The zero-order valence-electron chi connectivity index (χ0n) is 7.70. The molecule has 0 unspecified atom stereocenters. The van der Waals surface area contributed by atoms with Gasteiger partial charge in [-0.1, -0.05) is 23.4 Å². The van der Waals surface area contributed by atoms with Gasteiger partial charge in [0.05, 0.1) is 17.3 Å². The first kappa shape index (κ1) is 10.8. The quantitative estimate of drug-likeness (QED) is 0.549. The van der Waals surface area contributed by atoms with E-state index in [1.807, 2.05) is 0 Å². The van der Waals surface area contributed by atoms with Crippen molar-refractivity contribution in [3.63, 3.8) is 0 Å². The van der Waals surface area contributed by atoms with Crippen LogP contribution in [0.3, 0.4) is 0 Å². The van der Waals surface area contributed by atoms with Gasteiger partial charge < -0.3 is 11.1 Å². The summed E-state index contributed by atoms with van der Waals surface area (Å²) in [7, 11) is 1.78. The Labute approximate surface area is 87.2 Å². The van der Waals surface area contributed by atoms with Crippen molar-refractivity contribution in [3.05, 3.63) is 28.5 Å². The molecule has 0 aliphatic carbocycles. The van der Waals surface area contributed by atoms with Gasteiger partial charge in [0, 0.05) is 5.56 Å². The first-order valence-corrected chi connectivity index (χ1v) is 4.41. The molecule has 1 aromatic carbocycles. The van der Waals surface area contributed by atoms with Crippen molar-refractivity contribution in [1.82, 2.24) is 5.32 Å². The van der Waals surface area contributed by atoms with Gasteiger partial charge in [0.1, 0.15) is 5.82 Å². The number of nitrogen functional groups attached to an aromatic ring is 1. The molecule has 0 aliphatic rings. The molecule has 3 N–H and O–H groups in total. The summed E-state index contributed by atoms with van der Waals surface area (Å²) in [6.07, 6.45) is 0. The fourth-order valence-corrected chi connectivity index (χ4v) is 1.11. The summed E-state index contributed by atoms with van der Waals surface area (Å²) in [6.45, 7) is 0.530. The van der Waals surface area contributed by atoms with E-state index in [1.165, 1.54) is 12.1 Å². The van der Waals surface area contributed by atoms with E-state index in [2.05, 4.69) is 17.2 Å². The van der Waals surface area contributed by atoms with E-state index in [0.29, 0.717) is 17.1 Å². The third kappa shape index (κ3) is 2.63. The summed E-state index contributed by atoms with van der Waals surface area (Å²) in [5, 5.41) is 3.22. The highest BCUT2D eigenvalue weighted by atomic mass is 35.5. The van der Waals surface area contributed by atoms with Crippen LogP contribution in [0, 0.1) is 17.7 Å². The van der Waals surface area contributed by atoms with E-state index < -0.39 is 5.82 Å². The van der Waals surface area contributed by atoms with Crippen LogP contribution in [0.15, 0.2) is 12.1 Å². The summed E-state index contributed by atoms with van der Waals surface area (Å²) in [5.74, 6) is 5.03. The van der Waals surface area contributed by atoms with E-state index in [9.17, 15) is 4.39 Å². The molecular weight excluding hydrogens is 203 g/mol. The van der Waals surface area contributed by atoms with Gasteiger partial charge in [-0.15, -0.1) is 0 Å². The van der Waals surface area contributed by atoms with Gasteiger partial charge in [-0.25, -0.2) is 4.39 Å². The maximum Gasteiger partial charge on any atom is 0.147 e. The number of hydrogen-bond acceptors (Lipinski definition) is 2. The van der Waals surface area contributed by atoms with Crippen molar-refractivity contribution in [2.75, 3.05) is 19.3 Å². The van der Waals surface area contributed by atoms with Crippen LogP contribution >= 0.6 is 11.6 Å². The second-order valence-corrected chi connectivity index (χ2v) is 3.09. The maximum atomic E-state index is 13.0. The summed E-state index contributed by atoms with van der Waals surface area (Å²) in [6, 6.07) is 2.60. The molecule has 0 bridgehead atoms. The monoisotopic (exact) mass is 212 g/mol. The van der Waals surface area contributed by atoms with Gasteiger partial charge in [0.2, 0.25) is 0 Å². The lowest BCUT2D eigenvalue weighted by Gasteiger charge is -1.99. The minimum absolute atomic E-state index is 0.0363. The molecule has 0 radical (unpaired) electrons. The molecule has 1 rings (SSSR count). The van der Waals surface area contributed by atoms with Crippen LogP contribution in [-0.4, -0.2) is 13.6 Å². The van der Waals surface area contributed by atoms with Gasteiger partial charge in [-0.2, -0.15) is 0 Å². The van der Waals surface area contributed by atoms with Gasteiger partial charge in [0.15, 0.2) is 0 Å². The number of halogens is 2. The Balaban J connectivity index is 3.00. The molecule has 0 saturated heterocycles. The molecule has 4 heteroatoms. The predicted octanol–water partition coefficient (Wildman–Crippen LogP) is 1.63. The lowest BCUT2D eigenvalue weighted by atomic mass is 10.2. The Kier molecular flexibility index (Phi) is 3.75. The smallest absolute Gasteiger partial charge is 0.147 e. The fourth-order valence-electron chi connectivity index (χ4n) is 0.886. The Morgan fingerprint density at radius 2 is 2.29 bits per heavy atom. The molecule has 74 valence electrons. The molecule has 0 saturated carbocycles. The lowest BCUT2D eigenvalue weighted by Crippen LogP contribution is -2.04. The number of rotatable bonds is 1. The Hall–Kier alpha value is -1.24. The van der Waals surface area contributed by atoms with Crippen molar-refractivity contribution in [2.24, 2.45) is 0 Å². The zero-order valence-corrected chi connectivity index (χ0v) is 8.45. The van der Waals surface area contributed by atoms with Crippen LogP contribution in [-0.2, 0) is 0 Å². The van der Waals surface area contributed by atoms with Crippen molar-refractivity contribution >= 4 is 17.3 Å². The van der Waals surface area contributed by atoms with Crippen LogP contribution < -0.4 is 11.1 Å². The van der Waals surface area contributed by atoms with E-state index in [4.69, 9.17) is 17.3 Å². The minimum Gasteiger partial charge on any atom is -0.396 e. The van der Waals surface area contributed by atoms with Crippen LogP contribution in [0.1, 0.15) is 5.56 Å². The number of nitrogens with two attached hydrogens (primary N) is 1. The standard InChI is InChI=1S/C10H10ClFN2/c1-14-4-2-3-7-5-9(12)10(13)6-8(7)11/h5-6,14H,4,13H2,1H3. The average Bonchev–Trinajstić information content (AvgIpc) is 2.14. The number of nitrogens with one attached hydrogen (secondary N) is 1. The SMILES string of the molecule is CNCC#Cc1cc(F)c(N)cc1Cl. The molecule has 0 aromatic heterocycles. The molecular formula is C10H10ClFN2. The van der Waals surface area contributed by atoms with E-state index in [0.717, 1.165) is 0 Å².